The predicted molar refractivity (Wildman–Crippen MR) is 94.6 cm³/mol. The Labute approximate surface area is 153 Å². The van der Waals surface area contributed by atoms with Crippen LogP contribution >= 0.6 is 0 Å². The van der Waals surface area contributed by atoms with Gasteiger partial charge in [-0.05, 0) is 18.4 Å². The number of rotatable bonds is 4. The Hall–Kier alpha value is -1.48. The van der Waals surface area contributed by atoms with Crippen molar-refractivity contribution in [1.29, 1.82) is 0 Å². The summed E-state index contributed by atoms with van der Waals surface area (Å²) >= 11 is 0. The first-order valence-electron chi connectivity index (χ1n) is 9.07. The molecule has 0 radical (unpaired) electrons. The fraction of sp³-hybridized carbons (Fsp3) is 0.611. The van der Waals surface area contributed by atoms with Gasteiger partial charge in [-0.15, -0.1) is 0 Å². The minimum atomic E-state index is -3.44. The summed E-state index contributed by atoms with van der Waals surface area (Å²) < 4.78 is 32.7. The summed E-state index contributed by atoms with van der Waals surface area (Å²) in [7, 11) is -3.44. The van der Waals surface area contributed by atoms with Crippen LogP contribution in [0.2, 0.25) is 0 Å². The largest absolute Gasteiger partial charge is 0.383 e. The number of carbonyl (C=O) groups excluding carboxylic acids is 1. The number of fused-ring (bicyclic) bond motifs is 1. The number of ether oxygens (including phenoxy) is 1. The van der Waals surface area contributed by atoms with Crippen molar-refractivity contribution >= 4 is 15.9 Å². The fourth-order valence-electron chi connectivity index (χ4n) is 4.30. The summed E-state index contributed by atoms with van der Waals surface area (Å²) in [5.41, 5.74) is 0.972. The molecule has 0 bridgehead atoms. The number of benzene rings is 1. The molecule has 0 unspecified atom stereocenters. The van der Waals surface area contributed by atoms with Crippen molar-refractivity contribution in [3.05, 3.63) is 35.9 Å². The van der Waals surface area contributed by atoms with E-state index >= 15 is 0 Å². The van der Waals surface area contributed by atoms with Crippen LogP contribution in [0.3, 0.4) is 0 Å². The number of likely N-dealkylation sites (tertiary alicyclic amines) is 1. The molecule has 0 saturated carbocycles. The maximum atomic E-state index is 13.0. The average Bonchev–Trinajstić information content (AvgIpc) is 3.20. The van der Waals surface area contributed by atoms with Crippen LogP contribution in [0.25, 0.3) is 0 Å². The van der Waals surface area contributed by atoms with Gasteiger partial charge >= 0.3 is 0 Å². The lowest BCUT2D eigenvalue weighted by molar-refractivity contribution is -0.136. The van der Waals surface area contributed by atoms with Crippen LogP contribution in [0, 0.1) is 5.92 Å². The molecule has 1 aromatic rings. The zero-order valence-corrected chi connectivity index (χ0v) is 15.3. The van der Waals surface area contributed by atoms with E-state index in [1.165, 1.54) is 4.31 Å². The highest BCUT2D eigenvalue weighted by Crippen LogP contribution is 2.36. The smallest absolute Gasteiger partial charge is 0.252 e. The van der Waals surface area contributed by atoms with Crippen LogP contribution < -0.4 is 0 Å². The molecule has 0 aromatic heterocycles. The molecule has 3 fully saturated rings. The molecular weight excluding hydrogens is 356 g/mol. The Bertz CT molecular complexity index is 763. The van der Waals surface area contributed by atoms with Crippen molar-refractivity contribution in [2.75, 3.05) is 26.3 Å². The van der Waals surface area contributed by atoms with Crippen molar-refractivity contribution in [3.63, 3.8) is 0 Å². The van der Waals surface area contributed by atoms with Crippen molar-refractivity contribution < 1.29 is 23.1 Å². The average molecular weight is 380 g/mol. The minimum absolute atomic E-state index is 0.211. The Morgan fingerprint density at radius 3 is 2.50 bits per heavy atom. The van der Waals surface area contributed by atoms with Crippen molar-refractivity contribution in [2.24, 2.45) is 5.92 Å². The van der Waals surface area contributed by atoms with E-state index in [9.17, 15) is 18.3 Å². The maximum Gasteiger partial charge on any atom is 0.252 e. The molecule has 0 spiro atoms. The van der Waals surface area contributed by atoms with Crippen molar-refractivity contribution in [3.8, 4) is 0 Å². The lowest BCUT2D eigenvalue weighted by Gasteiger charge is -2.29. The highest BCUT2D eigenvalue weighted by molar-refractivity contribution is 7.89. The molecule has 142 valence electrons. The zero-order valence-electron chi connectivity index (χ0n) is 14.5. The van der Waals surface area contributed by atoms with Gasteiger partial charge in [0.25, 0.3) is 5.91 Å². The van der Waals surface area contributed by atoms with Crippen LogP contribution in [-0.4, -0.2) is 72.3 Å². The molecule has 1 N–H and O–H groups in total. The van der Waals surface area contributed by atoms with Gasteiger partial charge in [-0.3, -0.25) is 4.79 Å². The minimum Gasteiger partial charge on any atom is -0.383 e. The summed E-state index contributed by atoms with van der Waals surface area (Å²) in [6, 6.07) is 9.30. The number of nitrogens with zero attached hydrogens (tertiary/aromatic N) is 2. The van der Waals surface area contributed by atoms with Gasteiger partial charge in [0, 0.05) is 38.8 Å². The Kier molecular flexibility index (Phi) is 4.77. The van der Waals surface area contributed by atoms with Gasteiger partial charge in [0.2, 0.25) is 10.0 Å². The Morgan fingerprint density at radius 1 is 1.12 bits per heavy atom. The van der Waals surface area contributed by atoms with Gasteiger partial charge in [0.1, 0.15) is 6.10 Å². The summed E-state index contributed by atoms with van der Waals surface area (Å²) in [6.07, 6.45) is -0.120. The van der Waals surface area contributed by atoms with Crippen LogP contribution in [0.5, 0.6) is 0 Å². The lowest BCUT2D eigenvalue weighted by atomic mass is 10.0. The third-order valence-electron chi connectivity index (χ3n) is 5.79. The second-order valence-corrected chi connectivity index (χ2v) is 9.51. The first-order valence-corrected chi connectivity index (χ1v) is 10.6. The van der Waals surface area contributed by atoms with Crippen LogP contribution in [-0.2, 0) is 26.1 Å². The van der Waals surface area contributed by atoms with Crippen LogP contribution in [0.4, 0.5) is 0 Å². The third-order valence-corrected chi connectivity index (χ3v) is 8.12. The summed E-state index contributed by atoms with van der Waals surface area (Å²) in [6.45, 7) is 1.79. The number of sulfonamides is 1. The standard InChI is InChI=1S/C18H24N2O5S/c21-17-15-11-19(26(23,24)14-6-8-25-9-7-14)12-16(15)20(18(17)22)10-13-4-2-1-3-5-13/h1-5,14-17,21H,6-12H2/t15-,16+,17-/m0/s1. The van der Waals surface area contributed by atoms with Crippen molar-refractivity contribution in [2.45, 2.75) is 36.8 Å². The third kappa shape index (κ3) is 3.05. The van der Waals surface area contributed by atoms with E-state index in [0.717, 1.165) is 5.56 Å². The molecule has 26 heavy (non-hydrogen) atoms. The monoisotopic (exact) mass is 380 g/mol. The predicted octanol–water partition coefficient (Wildman–Crippen LogP) is 0.199. The molecule has 3 atom stereocenters. The topological polar surface area (TPSA) is 87.2 Å². The van der Waals surface area contributed by atoms with E-state index in [2.05, 4.69) is 0 Å². The zero-order chi connectivity index (χ0) is 18.3. The quantitative estimate of drug-likeness (QED) is 0.806. The van der Waals surface area contributed by atoms with E-state index in [0.29, 0.717) is 32.6 Å². The van der Waals surface area contributed by atoms with Gasteiger partial charge in [-0.25, -0.2) is 8.42 Å². The van der Waals surface area contributed by atoms with Gasteiger partial charge in [-0.1, -0.05) is 30.3 Å². The van der Waals surface area contributed by atoms with Gasteiger partial charge in [-0.2, -0.15) is 4.31 Å². The number of carbonyl (C=O) groups is 1. The highest BCUT2D eigenvalue weighted by atomic mass is 32.2. The number of aliphatic hydroxyl groups is 1. The first kappa shape index (κ1) is 17.9. The normalized spacial score (nSPS) is 30.7. The van der Waals surface area contributed by atoms with E-state index in [4.69, 9.17) is 4.74 Å². The number of amides is 1. The molecule has 3 saturated heterocycles. The van der Waals surface area contributed by atoms with E-state index < -0.39 is 21.4 Å². The Morgan fingerprint density at radius 2 is 1.81 bits per heavy atom. The highest BCUT2D eigenvalue weighted by Gasteiger charge is 2.54. The second-order valence-electron chi connectivity index (χ2n) is 7.30. The molecule has 3 aliphatic heterocycles. The second kappa shape index (κ2) is 6.92. The van der Waals surface area contributed by atoms with Gasteiger partial charge in [0.05, 0.1) is 11.3 Å². The van der Waals surface area contributed by atoms with E-state index in [1.54, 1.807) is 4.90 Å². The van der Waals surface area contributed by atoms with Gasteiger partial charge < -0.3 is 14.7 Å². The fourth-order valence-corrected chi connectivity index (χ4v) is 6.25. The molecule has 1 amide bonds. The number of hydrogen-bond donors (Lipinski definition) is 1. The summed E-state index contributed by atoms with van der Waals surface area (Å²) in [5.74, 6) is -0.659. The van der Waals surface area contributed by atoms with Gasteiger partial charge in [0.15, 0.2) is 0 Å². The number of aliphatic hydroxyl groups excluding tert-OH is 1. The molecule has 4 rings (SSSR count). The SMILES string of the molecule is O=C1[C@@H](O)[C@H]2CN(S(=O)(=O)C3CCOCC3)C[C@H]2N1Cc1ccccc1. The summed E-state index contributed by atoms with van der Waals surface area (Å²) in [4.78, 5) is 14.1. The molecule has 3 aliphatic rings. The van der Waals surface area contributed by atoms with E-state index in [1.807, 2.05) is 30.3 Å². The molecule has 0 aliphatic carbocycles. The molecule has 7 nitrogen and oxygen atoms in total. The van der Waals surface area contributed by atoms with Crippen molar-refractivity contribution in [1.82, 2.24) is 9.21 Å². The molecule has 1 aromatic carbocycles. The summed E-state index contributed by atoms with van der Waals surface area (Å²) in [5, 5.41) is 9.95. The molecular formula is C18H24N2O5S. The molecule has 8 heteroatoms. The number of hydrogen-bond acceptors (Lipinski definition) is 5. The maximum absolute atomic E-state index is 13.0. The first-order chi connectivity index (χ1) is 12.5. The lowest BCUT2D eigenvalue weighted by Crippen LogP contribution is -2.44. The van der Waals surface area contributed by atoms with Crippen LogP contribution in [0.15, 0.2) is 30.3 Å². The van der Waals surface area contributed by atoms with E-state index in [-0.39, 0.29) is 31.0 Å². The Balaban J connectivity index is 1.52. The molecule has 3 heterocycles. The van der Waals surface area contributed by atoms with Crippen LogP contribution in [0.1, 0.15) is 18.4 Å².